The molecule has 5 heteroatoms. The van der Waals surface area contributed by atoms with Gasteiger partial charge in [0.05, 0.1) is 5.56 Å². The fourth-order valence-corrected chi connectivity index (χ4v) is 2.16. The highest BCUT2D eigenvalue weighted by Crippen LogP contribution is 2.22. The number of aryl methyl sites for hydroxylation is 1. The van der Waals surface area contributed by atoms with Crippen molar-refractivity contribution in [2.75, 3.05) is 0 Å². The SMILES string of the molecule is Cc1sccc1C(=O)c1ccc(F)c(F)c1F. The van der Waals surface area contributed by atoms with E-state index >= 15 is 0 Å². The van der Waals surface area contributed by atoms with Crippen LogP contribution in [0.4, 0.5) is 13.2 Å². The van der Waals surface area contributed by atoms with Gasteiger partial charge in [0.25, 0.3) is 0 Å². The normalized spacial score (nSPS) is 10.6. The maximum atomic E-state index is 13.4. The number of hydrogen-bond donors (Lipinski definition) is 0. The molecule has 1 aromatic carbocycles. The molecule has 2 aromatic rings. The van der Waals surface area contributed by atoms with E-state index in [1.807, 2.05) is 0 Å². The molecule has 0 atom stereocenters. The average molecular weight is 256 g/mol. The summed E-state index contributed by atoms with van der Waals surface area (Å²) < 4.78 is 39.1. The van der Waals surface area contributed by atoms with Gasteiger partial charge in [0.15, 0.2) is 23.2 Å². The molecule has 1 aromatic heterocycles. The van der Waals surface area contributed by atoms with E-state index < -0.39 is 28.8 Å². The van der Waals surface area contributed by atoms with E-state index in [-0.39, 0.29) is 0 Å². The van der Waals surface area contributed by atoms with E-state index in [2.05, 4.69) is 0 Å². The highest BCUT2D eigenvalue weighted by molar-refractivity contribution is 7.10. The zero-order valence-electron chi connectivity index (χ0n) is 8.76. The number of carbonyl (C=O) groups is 1. The summed E-state index contributed by atoms with van der Waals surface area (Å²) in [7, 11) is 0. The average Bonchev–Trinajstić information content (AvgIpc) is 2.72. The number of ketones is 1. The Balaban J connectivity index is 2.53. The summed E-state index contributed by atoms with van der Waals surface area (Å²) in [5.74, 6) is -5.01. The Morgan fingerprint density at radius 1 is 1.06 bits per heavy atom. The van der Waals surface area contributed by atoms with E-state index in [0.29, 0.717) is 10.4 Å². The summed E-state index contributed by atoms with van der Waals surface area (Å²) >= 11 is 1.33. The summed E-state index contributed by atoms with van der Waals surface area (Å²) in [6, 6.07) is 3.23. The molecule has 0 fully saturated rings. The quantitative estimate of drug-likeness (QED) is 0.591. The number of thiophene rings is 1. The van der Waals surface area contributed by atoms with Gasteiger partial charge in [-0.3, -0.25) is 4.79 Å². The highest BCUT2D eigenvalue weighted by Gasteiger charge is 2.21. The predicted octanol–water partition coefficient (Wildman–Crippen LogP) is 3.70. The lowest BCUT2D eigenvalue weighted by molar-refractivity contribution is 0.103. The zero-order chi connectivity index (χ0) is 12.6. The van der Waals surface area contributed by atoms with E-state index in [4.69, 9.17) is 0 Å². The number of hydrogen-bond acceptors (Lipinski definition) is 2. The molecule has 0 aliphatic rings. The molecule has 0 saturated heterocycles. The van der Waals surface area contributed by atoms with Crippen LogP contribution < -0.4 is 0 Å². The summed E-state index contributed by atoms with van der Waals surface area (Å²) in [5, 5.41) is 1.68. The van der Waals surface area contributed by atoms with Gasteiger partial charge in [-0.05, 0) is 30.5 Å². The molecule has 1 nitrogen and oxygen atoms in total. The van der Waals surface area contributed by atoms with Crippen LogP contribution in [0.1, 0.15) is 20.8 Å². The Hall–Kier alpha value is -1.62. The van der Waals surface area contributed by atoms with E-state index in [9.17, 15) is 18.0 Å². The molecule has 0 aliphatic carbocycles. The molecule has 0 aliphatic heterocycles. The summed E-state index contributed by atoms with van der Waals surface area (Å²) in [6.07, 6.45) is 0. The van der Waals surface area contributed by atoms with Crippen molar-refractivity contribution in [2.24, 2.45) is 0 Å². The minimum Gasteiger partial charge on any atom is -0.288 e. The maximum absolute atomic E-state index is 13.4. The minimum atomic E-state index is -1.62. The van der Waals surface area contributed by atoms with Crippen molar-refractivity contribution in [3.8, 4) is 0 Å². The molecule has 0 N–H and O–H groups in total. The first-order chi connectivity index (χ1) is 8.02. The largest absolute Gasteiger partial charge is 0.288 e. The van der Waals surface area contributed by atoms with Crippen LogP contribution in [-0.4, -0.2) is 5.78 Å². The van der Waals surface area contributed by atoms with Crippen molar-refractivity contribution in [3.05, 3.63) is 57.0 Å². The Kier molecular flexibility index (Phi) is 3.02. The van der Waals surface area contributed by atoms with Gasteiger partial charge < -0.3 is 0 Å². The number of rotatable bonds is 2. The van der Waals surface area contributed by atoms with Crippen molar-refractivity contribution >= 4 is 17.1 Å². The monoisotopic (exact) mass is 256 g/mol. The third kappa shape index (κ3) is 1.98. The number of halogens is 3. The van der Waals surface area contributed by atoms with Gasteiger partial charge in [-0.25, -0.2) is 13.2 Å². The van der Waals surface area contributed by atoms with Crippen molar-refractivity contribution in [2.45, 2.75) is 6.92 Å². The van der Waals surface area contributed by atoms with Crippen LogP contribution in [0.25, 0.3) is 0 Å². The first-order valence-corrected chi connectivity index (χ1v) is 5.62. The van der Waals surface area contributed by atoms with E-state index in [0.717, 1.165) is 12.1 Å². The van der Waals surface area contributed by atoms with Crippen molar-refractivity contribution in [3.63, 3.8) is 0 Å². The van der Waals surface area contributed by atoms with Gasteiger partial charge in [0, 0.05) is 10.4 Å². The topological polar surface area (TPSA) is 17.1 Å². The highest BCUT2D eigenvalue weighted by atomic mass is 32.1. The Bertz CT molecular complexity index is 589. The smallest absolute Gasteiger partial charge is 0.197 e. The zero-order valence-corrected chi connectivity index (χ0v) is 9.58. The van der Waals surface area contributed by atoms with Gasteiger partial charge in [-0.1, -0.05) is 0 Å². The minimum absolute atomic E-state index is 0.305. The molecule has 0 saturated carbocycles. The second-order valence-electron chi connectivity index (χ2n) is 3.44. The Morgan fingerprint density at radius 2 is 1.76 bits per heavy atom. The molecular weight excluding hydrogens is 249 g/mol. The first kappa shape index (κ1) is 11.9. The van der Waals surface area contributed by atoms with Crippen molar-refractivity contribution < 1.29 is 18.0 Å². The van der Waals surface area contributed by atoms with Crippen LogP contribution in [0.2, 0.25) is 0 Å². The lowest BCUT2D eigenvalue weighted by atomic mass is 10.0. The maximum Gasteiger partial charge on any atom is 0.197 e. The third-order valence-electron chi connectivity index (χ3n) is 2.38. The fraction of sp³-hybridized carbons (Fsp3) is 0.0833. The van der Waals surface area contributed by atoms with Gasteiger partial charge in [-0.2, -0.15) is 0 Å². The predicted molar refractivity (Wildman–Crippen MR) is 58.8 cm³/mol. The molecule has 88 valence electrons. The number of carbonyl (C=O) groups excluding carboxylic acids is 1. The molecule has 1 heterocycles. The third-order valence-corrected chi connectivity index (χ3v) is 3.23. The van der Waals surface area contributed by atoms with E-state index in [1.54, 1.807) is 12.3 Å². The van der Waals surface area contributed by atoms with Crippen molar-refractivity contribution in [1.29, 1.82) is 0 Å². The lowest BCUT2D eigenvalue weighted by Gasteiger charge is -2.03. The molecule has 0 bridgehead atoms. The van der Waals surface area contributed by atoms with Crippen LogP contribution in [0.15, 0.2) is 23.6 Å². The molecule has 17 heavy (non-hydrogen) atoms. The molecule has 0 radical (unpaired) electrons. The molecule has 0 spiro atoms. The van der Waals surface area contributed by atoms with E-state index in [1.165, 1.54) is 17.4 Å². The van der Waals surface area contributed by atoms with Gasteiger partial charge in [0.2, 0.25) is 0 Å². The standard InChI is InChI=1S/C12H7F3OS/c1-6-7(4-5-17-6)12(16)8-2-3-9(13)11(15)10(8)14/h2-5H,1H3. The molecular formula is C12H7F3OS. The van der Waals surface area contributed by atoms with Gasteiger partial charge >= 0.3 is 0 Å². The van der Waals surface area contributed by atoms with Gasteiger partial charge in [-0.15, -0.1) is 11.3 Å². The second-order valence-corrected chi connectivity index (χ2v) is 4.56. The van der Waals surface area contributed by atoms with Crippen LogP contribution in [0.3, 0.4) is 0 Å². The van der Waals surface area contributed by atoms with Crippen LogP contribution in [0, 0.1) is 24.4 Å². The fourth-order valence-electron chi connectivity index (χ4n) is 1.47. The summed E-state index contributed by atoms with van der Waals surface area (Å²) in [4.78, 5) is 12.6. The Labute approximate surface area is 99.5 Å². The van der Waals surface area contributed by atoms with Crippen molar-refractivity contribution in [1.82, 2.24) is 0 Å². The summed E-state index contributed by atoms with van der Waals surface area (Å²) in [6.45, 7) is 1.70. The Morgan fingerprint density at radius 3 is 2.35 bits per heavy atom. The molecule has 2 rings (SSSR count). The first-order valence-electron chi connectivity index (χ1n) is 4.74. The molecule has 0 unspecified atom stereocenters. The lowest BCUT2D eigenvalue weighted by Crippen LogP contribution is -2.07. The van der Waals surface area contributed by atoms with Crippen LogP contribution >= 0.6 is 11.3 Å². The second kappa shape index (κ2) is 4.33. The van der Waals surface area contributed by atoms with Crippen LogP contribution in [-0.2, 0) is 0 Å². The number of benzene rings is 1. The van der Waals surface area contributed by atoms with Crippen LogP contribution in [0.5, 0.6) is 0 Å². The molecule has 0 amide bonds. The van der Waals surface area contributed by atoms with Gasteiger partial charge in [0.1, 0.15) is 0 Å². The summed E-state index contributed by atoms with van der Waals surface area (Å²) in [5.41, 5.74) is -0.148.